The summed E-state index contributed by atoms with van der Waals surface area (Å²) in [6.45, 7) is 4.25. The van der Waals surface area contributed by atoms with E-state index in [4.69, 9.17) is 9.47 Å². The van der Waals surface area contributed by atoms with Gasteiger partial charge in [0, 0.05) is 24.6 Å². The molecule has 0 atom stereocenters. The van der Waals surface area contributed by atoms with Gasteiger partial charge >= 0.3 is 0 Å². The summed E-state index contributed by atoms with van der Waals surface area (Å²) in [4.78, 5) is 28.1. The number of Topliss-reactive ketones (excluding diaryl/α,β-unsaturated/α-hetero) is 1. The van der Waals surface area contributed by atoms with E-state index in [0.717, 1.165) is 10.4 Å². The molecule has 0 aliphatic carbocycles. The van der Waals surface area contributed by atoms with Gasteiger partial charge in [0.1, 0.15) is 13.2 Å². The maximum Gasteiger partial charge on any atom is 0.264 e. The van der Waals surface area contributed by atoms with E-state index in [2.05, 4.69) is 0 Å². The van der Waals surface area contributed by atoms with Crippen molar-refractivity contribution in [2.45, 2.75) is 19.8 Å². The summed E-state index contributed by atoms with van der Waals surface area (Å²) in [6.07, 6.45) is 1.40. The number of fused-ring (bicyclic) bond motifs is 1. The standard InChI is InChI=1S/C20H21NO4S/c1-13-6-11-26-19(13)20(23)21-7-4-14(5-8-21)18(22)15-2-3-16-17(12-15)25-10-9-24-16/h2-3,6,11-12,14H,4-5,7-10H2,1H3. The minimum absolute atomic E-state index is 0.0500. The first-order chi connectivity index (χ1) is 12.6. The van der Waals surface area contributed by atoms with Crippen molar-refractivity contribution in [2.24, 2.45) is 5.92 Å². The molecule has 0 N–H and O–H groups in total. The number of benzene rings is 1. The SMILES string of the molecule is Cc1ccsc1C(=O)N1CCC(C(=O)c2ccc3c(c2)OCCO3)CC1. The molecule has 2 aromatic rings. The third kappa shape index (κ3) is 3.21. The average molecular weight is 371 g/mol. The van der Waals surface area contributed by atoms with E-state index in [-0.39, 0.29) is 17.6 Å². The molecule has 0 spiro atoms. The topological polar surface area (TPSA) is 55.8 Å². The van der Waals surface area contributed by atoms with Gasteiger partial charge in [-0.2, -0.15) is 0 Å². The number of nitrogens with zero attached hydrogens (tertiary/aromatic N) is 1. The number of likely N-dealkylation sites (tertiary alicyclic amines) is 1. The summed E-state index contributed by atoms with van der Waals surface area (Å²) >= 11 is 1.48. The Hall–Kier alpha value is -2.34. The Morgan fingerprint density at radius 3 is 2.50 bits per heavy atom. The number of amides is 1. The summed E-state index contributed by atoms with van der Waals surface area (Å²) < 4.78 is 11.1. The molecule has 5 nitrogen and oxygen atoms in total. The summed E-state index contributed by atoms with van der Waals surface area (Å²) in [5.41, 5.74) is 1.68. The number of rotatable bonds is 3. The second-order valence-electron chi connectivity index (χ2n) is 6.72. The molecule has 1 aromatic heterocycles. The van der Waals surface area contributed by atoms with Crippen molar-refractivity contribution in [3.8, 4) is 11.5 Å². The molecule has 26 heavy (non-hydrogen) atoms. The van der Waals surface area contributed by atoms with E-state index < -0.39 is 0 Å². The molecule has 1 aromatic carbocycles. The van der Waals surface area contributed by atoms with Crippen LogP contribution >= 0.6 is 11.3 Å². The van der Waals surface area contributed by atoms with E-state index in [1.165, 1.54) is 11.3 Å². The van der Waals surface area contributed by atoms with Crippen LogP contribution in [0.2, 0.25) is 0 Å². The van der Waals surface area contributed by atoms with Gasteiger partial charge in [-0.15, -0.1) is 11.3 Å². The second-order valence-corrected chi connectivity index (χ2v) is 7.64. The molecule has 1 fully saturated rings. The van der Waals surface area contributed by atoms with Crippen molar-refractivity contribution in [1.29, 1.82) is 0 Å². The lowest BCUT2D eigenvalue weighted by Gasteiger charge is -2.31. The van der Waals surface area contributed by atoms with Gasteiger partial charge < -0.3 is 14.4 Å². The van der Waals surface area contributed by atoms with Crippen molar-refractivity contribution in [3.63, 3.8) is 0 Å². The zero-order chi connectivity index (χ0) is 18.1. The van der Waals surface area contributed by atoms with Gasteiger partial charge in [0.05, 0.1) is 4.88 Å². The summed E-state index contributed by atoms with van der Waals surface area (Å²) in [7, 11) is 0. The smallest absolute Gasteiger partial charge is 0.264 e. The lowest BCUT2D eigenvalue weighted by atomic mass is 9.88. The van der Waals surface area contributed by atoms with Crippen LogP contribution in [0, 0.1) is 12.8 Å². The molecule has 0 bridgehead atoms. The Morgan fingerprint density at radius 1 is 1.08 bits per heavy atom. The molecule has 4 rings (SSSR count). The van der Waals surface area contributed by atoms with E-state index >= 15 is 0 Å². The van der Waals surface area contributed by atoms with Gasteiger partial charge in [0.15, 0.2) is 17.3 Å². The maximum atomic E-state index is 12.8. The number of hydrogen-bond acceptors (Lipinski definition) is 5. The van der Waals surface area contributed by atoms with Crippen LogP contribution in [0.5, 0.6) is 11.5 Å². The number of piperidine rings is 1. The second kappa shape index (κ2) is 7.11. The number of ether oxygens (including phenoxy) is 2. The fourth-order valence-corrected chi connectivity index (χ4v) is 4.40. The van der Waals surface area contributed by atoms with Gasteiger partial charge in [-0.3, -0.25) is 9.59 Å². The van der Waals surface area contributed by atoms with Crippen LogP contribution in [0.1, 0.15) is 38.4 Å². The minimum atomic E-state index is -0.0500. The van der Waals surface area contributed by atoms with Gasteiger partial charge in [-0.1, -0.05) is 0 Å². The largest absolute Gasteiger partial charge is 0.486 e. The molecule has 0 saturated carbocycles. The number of carbonyl (C=O) groups is 2. The van der Waals surface area contributed by atoms with E-state index in [1.54, 1.807) is 12.1 Å². The number of carbonyl (C=O) groups excluding carboxylic acids is 2. The van der Waals surface area contributed by atoms with Crippen LogP contribution < -0.4 is 9.47 Å². The Labute approximate surface area is 156 Å². The highest BCUT2D eigenvalue weighted by atomic mass is 32.1. The van der Waals surface area contributed by atoms with Gasteiger partial charge in [-0.05, 0) is 55.0 Å². The summed E-state index contributed by atoms with van der Waals surface area (Å²) in [5.74, 6) is 1.50. The number of aryl methyl sites for hydroxylation is 1. The zero-order valence-corrected chi connectivity index (χ0v) is 15.5. The van der Waals surface area contributed by atoms with Crippen LogP contribution in [-0.4, -0.2) is 42.9 Å². The normalized spacial score (nSPS) is 17.2. The van der Waals surface area contributed by atoms with Gasteiger partial charge in [0.2, 0.25) is 0 Å². The lowest BCUT2D eigenvalue weighted by Crippen LogP contribution is -2.40. The quantitative estimate of drug-likeness (QED) is 0.774. The molecule has 2 aliphatic heterocycles. The zero-order valence-electron chi connectivity index (χ0n) is 14.7. The predicted octanol–water partition coefficient (Wildman–Crippen LogP) is 3.56. The van der Waals surface area contributed by atoms with Crippen LogP contribution in [-0.2, 0) is 0 Å². The molecule has 2 aliphatic rings. The minimum Gasteiger partial charge on any atom is -0.486 e. The molecule has 3 heterocycles. The average Bonchev–Trinajstić information content (AvgIpc) is 3.12. The number of hydrogen-bond donors (Lipinski definition) is 0. The summed E-state index contributed by atoms with van der Waals surface area (Å²) in [6, 6.07) is 7.36. The first-order valence-electron chi connectivity index (χ1n) is 8.90. The molecule has 136 valence electrons. The Kier molecular flexibility index (Phi) is 4.68. The van der Waals surface area contributed by atoms with Crippen molar-refractivity contribution >= 4 is 23.0 Å². The number of ketones is 1. The van der Waals surface area contributed by atoms with Gasteiger partial charge in [0.25, 0.3) is 5.91 Å². The van der Waals surface area contributed by atoms with E-state index in [1.807, 2.05) is 29.3 Å². The maximum absolute atomic E-state index is 12.8. The first kappa shape index (κ1) is 17.1. The monoisotopic (exact) mass is 371 g/mol. The lowest BCUT2D eigenvalue weighted by molar-refractivity contribution is 0.0653. The highest BCUT2D eigenvalue weighted by Crippen LogP contribution is 2.33. The van der Waals surface area contributed by atoms with Crippen molar-refractivity contribution in [2.75, 3.05) is 26.3 Å². The Balaban J connectivity index is 1.41. The third-order valence-electron chi connectivity index (χ3n) is 5.04. The molecule has 0 unspecified atom stereocenters. The van der Waals surface area contributed by atoms with Crippen molar-refractivity contribution < 1.29 is 19.1 Å². The Bertz CT molecular complexity index is 836. The Morgan fingerprint density at radius 2 is 1.81 bits per heavy atom. The van der Waals surface area contributed by atoms with Crippen LogP contribution in [0.25, 0.3) is 0 Å². The summed E-state index contributed by atoms with van der Waals surface area (Å²) in [5, 5.41) is 1.95. The third-order valence-corrected chi connectivity index (χ3v) is 6.04. The van der Waals surface area contributed by atoms with Crippen molar-refractivity contribution in [1.82, 2.24) is 4.90 Å². The molecule has 1 amide bonds. The fraction of sp³-hybridized carbons (Fsp3) is 0.400. The van der Waals surface area contributed by atoms with Crippen LogP contribution in [0.15, 0.2) is 29.6 Å². The number of thiophene rings is 1. The molecule has 6 heteroatoms. The molecule has 1 saturated heterocycles. The molecule has 0 radical (unpaired) electrons. The fourth-order valence-electron chi connectivity index (χ4n) is 3.51. The molecular weight excluding hydrogens is 350 g/mol. The predicted molar refractivity (Wildman–Crippen MR) is 99.4 cm³/mol. The molecular formula is C20H21NO4S. The van der Waals surface area contributed by atoms with Crippen LogP contribution in [0.3, 0.4) is 0 Å². The van der Waals surface area contributed by atoms with E-state index in [9.17, 15) is 9.59 Å². The van der Waals surface area contributed by atoms with Crippen LogP contribution in [0.4, 0.5) is 0 Å². The highest BCUT2D eigenvalue weighted by molar-refractivity contribution is 7.12. The first-order valence-corrected chi connectivity index (χ1v) is 9.78. The van der Waals surface area contributed by atoms with E-state index in [0.29, 0.717) is 56.2 Å². The van der Waals surface area contributed by atoms with Gasteiger partial charge in [-0.25, -0.2) is 0 Å². The van der Waals surface area contributed by atoms with Crippen molar-refractivity contribution in [3.05, 3.63) is 45.6 Å². The highest BCUT2D eigenvalue weighted by Gasteiger charge is 2.29.